The normalized spacial score (nSPS) is 21.2. The first kappa shape index (κ1) is 16.6. The van der Waals surface area contributed by atoms with Crippen molar-refractivity contribution < 1.29 is 23.9 Å². The largest absolute Gasteiger partial charge is 0.493 e. The van der Waals surface area contributed by atoms with E-state index in [1.165, 1.54) is 4.90 Å². The molecule has 2 rings (SSSR count). The Kier molecular flexibility index (Phi) is 6.52. The van der Waals surface area contributed by atoms with E-state index in [0.29, 0.717) is 13.2 Å². The highest BCUT2D eigenvalue weighted by atomic mass is 16.5. The molecule has 1 aliphatic rings. The summed E-state index contributed by atoms with van der Waals surface area (Å²) in [5.41, 5.74) is 0. The molecule has 5 heteroatoms. The van der Waals surface area contributed by atoms with Crippen molar-refractivity contribution >= 4 is 5.97 Å². The number of esters is 1. The molecule has 122 valence electrons. The number of para-hydroxylation sites is 2. The number of carbonyl (C=O) groups excluding carboxylic acids is 1. The standard InChI is InChI=1S/C17H25NO4/c1-3-21-17(19)14-8-10-18(11-9-14)12-13-22-16-7-5-4-6-15(16)20-2/h4-7,14H,3,8-13H2,1-2H3/p+1. The van der Waals surface area contributed by atoms with E-state index >= 15 is 0 Å². The first-order valence-electron chi connectivity index (χ1n) is 8.00. The molecule has 5 nitrogen and oxygen atoms in total. The number of carbonyl (C=O) groups is 1. The predicted octanol–water partition coefficient (Wildman–Crippen LogP) is 0.932. The number of benzene rings is 1. The van der Waals surface area contributed by atoms with E-state index in [9.17, 15) is 4.79 Å². The highest BCUT2D eigenvalue weighted by molar-refractivity contribution is 5.72. The summed E-state index contributed by atoms with van der Waals surface area (Å²) in [4.78, 5) is 13.2. The van der Waals surface area contributed by atoms with Crippen molar-refractivity contribution in [2.75, 3.05) is 40.0 Å². The van der Waals surface area contributed by atoms with Crippen LogP contribution in [0.5, 0.6) is 11.5 Å². The molecule has 0 bridgehead atoms. The van der Waals surface area contributed by atoms with Crippen LogP contribution < -0.4 is 14.4 Å². The molecular formula is C17H26NO4+. The van der Waals surface area contributed by atoms with Gasteiger partial charge in [-0.1, -0.05) is 12.1 Å². The van der Waals surface area contributed by atoms with Crippen LogP contribution >= 0.6 is 0 Å². The summed E-state index contributed by atoms with van der Waals surface area (Å²) in [6.45, 7) is 5.91. The molecule has 0 amide bonds. The summed E-state index contributed by atoms with van der Waals surface area (Å²) in [5.74, 6) is 1.59. The van der Waals surface area contributed by atoms with Crippen molar-refractivity contribution in [3.8, 4) is 11.5 Å². The van der Waals surface area contributed by atoms with Gasteiger partial charge in [0.15, 0.2) is 11.5 Å². The molecule has 0 spiro atoms. The third kappa shape index (κ3) is 4.63. The van der Waals surface area contributed by atoms with Gasteiger partial charge < -0.3 is 19.1 Å². The number of methoxy groups -OCH3 is 1. The summed E-state index contributed by atoms with van der Waals surface area (Å²) in [6.07, 6.45) is 1.81. The van der Waals surface area contributed by atoms with Crippen molar-refractivity contribution in [1.82, 2.24) is 0 Å². The Bertz CT molecular complexity index is 469. The fourth-order valence-electron chi connectivity index (χ4n) is 2.82. The Labute approximate surface area is 132 Å². The Morgan fingerprint density at radius 3 is 2.55 bits per heavy atom. The van der Waals surface area contributed by atoms with Crippen LogP contribution in [0, 0.1) is 5.92 Å². The van der Waals surface area contributed by atoms with Crippen LogP contribution in [-0.4, -0.2) is 45.9 Å². The number of piperidine rings is 1. The van der Waals surface area contributed by atoms with Crippen LogP contribution in [0.2, 0.25) is 0 Å². The van der Waals surface area contributed by atoms with Gasteiger partial charge in [-0.15, -0.1) is 0 Å². The zero-order valence-electron chi connectivity index (χ0n) is 13.5. The average molecular weight is 308 g/mol. The summed E-state index contributed by atoms with van der Waals surface area (Å²) in [5, 5.41) is 0. The van der Waals surface area contributed by atoms with Crippen LogP contribution in [-0.2, 0) is 9.53 Å². The average Bonchev–Trinajstić information content (AvgIpc) is 2.56. The molecule has 1 aromatic rings. The minimum atomic E-state index is -0.0354. The molecule has 1 N–H and O–H groups in total. The summed E-state index contributed by atoms with van der Waals surface area (Å²) < 4.78 is 16.2. The maximum Gasteiger partial charge on any atom is 0.309 e. The van der Waals surface area contributed by atoms with Gasteiger partial charge in [0, 0.05) is 12.8 Å². The summed E-state index contributed by atoms with van der Waals surface area (Å²) in [6, 6.07) is 7.68. The lowest BCUT2D eigenvalue weighted by molar-refractivity contribution is -0.905. The minimum Gasteiger partial charge on any atom is -0.493 e. The van der Waals surface area contributed by atoms with Crippen molar-refractivity contribution in [3.63, 3.8) is 0 Å². The highest BCUT2D eigenvalue weighted by Crippen LogP contribution is 2.25. The second kappa shape index (κ2) is 8.63. The molecule has 0 radical (unpaired) electrons. The van der Waals surface area contributed by atoms with Crippen molar-refractivity contribution in [2.45, 2.75) is 19.8 Å². The number of likely N-dealkylation sites (tertiary alicyclic amines) is 1. The van der Waals surface area contributed by atoms with Gasteiger partial charge in [0.25, 0.3) is 0 Å². The molecule has 0 unspecified atom stereocenters. The zero-order valence-corrected chi connectivity index (χ0v) is 13.5. The Morgan fingerprint density at radius 1 is 1.23 bits per heavy atom. The molecular weight excluding hydrogens is 282 g/mol. The third-order valence-electron chi connectivity index (χ3n) is 4.09. The lowest BCUT2D eigenvalue weighted by Gasteiger charge is -2.28. The topological polar surface area (TPSA) is 49.2 Å². The van der Waals surface area contributed by atoms with Gasteiger partial charge in [0.1, 0.15) is 13.2 Å². The van der Waals surface area contributed by atoms with Gasteiger partial charge in [-0.3, -0.25) is 4.79 Å². The SMILES string of the molecule is CCOC(=O)C1CC[NH+](CCOc2ccccc2OC)CC1. The molecule has 0 saturated carbocycles. The molecule has 1 heterocycles. The van der Waals surface area contributed by atoms with E-state index in [-0.39, 0.29) is 11.9 Å². The molecule has 1 fully saturated rings. The van der Waals surface area contributed by atoms with Crippen LogP contribution in [0.1, 0.15) is 19.8 Å². The van der Waals surface area contributed by atoms with E-state index in [1.54, 1.807) is 7.11 Å². The van der Waals surface area contributed by atoms with Gasteiger partial charge >= 0.3 is 5.97 Å². The van der Waals surface area contributed by atoms with Crippen molar-refractivity contribution in [2.24, 2.45) is 5.92 Å². The van der Waals surface area contributed by atoms with E-state index < -0.39 is 0 Å². The van der Waals surface area contributed by atoms with Crippen molar-refractivity contribution in [1.29, 1.82) is 0 Å². The molecule has 1 aromatic carbocycles. The lowest BCUT2D eigenvalue weighted by Crippen LogP contribution is -3.13. The minimum absolute atomic E-state index is 0.0354. The first-order chi connectivity index (χ1) is 10.7. The van der Waals surface area contributed by atoms with E-state index in [1.807, 2.05) is 31.2 Å². The van der Waals surface area contributed by atoms with Crippen LogP contribution in [0.25, 0.3) is 0 Å². The Hall–Kier alpha value is -1.75. The summed E-state index contributed by atoms with van der Waals surface area (Å²) in [7, 11) is 1.65. The monoisotopic (exact) mass is 308 g/mol. The van der Waals surface area contributed by atoms with Gasteiger partial charge in [-0.25, -0.2) is 0 Å². The molecule has 1 aliphatic heterocycles. The summed E-state index contributed by atoms with van der Waals surface area (Å²) >= 11 is 0. The smallest absolute Gasteiger partial charge is 0.309 e. The fraction of sp³-hybridized carbons (Fsp3) is 0.588. The van der Waals surface area contributed by atoms with Gasteiger partial charge in [0.2, 0.25) is 0 Å². The van der Waals surface area contributed by atoms with Gasteiger partial charge in [-0.05, 0) is 19.1 Å². The number of ether oxygens (including phenoxy) is 3. The Balaban J connectivity index is 1.70. The van der Waals surface area contributed by atoms with Gasteiger partial charge in [-0.2, -0.15) is 0 Å². The molecule has 1 saturated heterocycles. The Morgan fingerprint density at radius 2 is 1.91 bits per heavy atom. The number of nitrogens with one attached hydrogen (secondary N) is 1. The maximum absolute atomic E-state index is 11.7. The molecule has 0 aromatic heterocycles. The number of hydrogen-bond donors (Lipinski definition) is 1. The van der Waals surface area contributed by atoms with E-state index in [2.05, 4.69) is 0 Å². The number of hydrogen-bond acceptors (Lipinski definition) is 4. The van der Waals surface area contributed by atoms with Gasteiger partial charge in [0.05, 0.1) is 32.7 Å². The first-order valence-corrected chi connectivity index (χ1v) is 8.00. The number of rotatable bonds is 7. The second-order valence-corrected chi connectivity index (χ2v) is 5.53. The number of quaternary nitrogens is 1. The molecule has 0 aliphatic carbocycles. The van der Waals surface area contributed by atoms with E-state index in [4.69, 9.17) is 14.2 Å². The maximum atomic E-state index is 11.7. The van der Waals surface area contributed by atoms with Crippen LogP contribution in [0.15, 0.2) is 24.3 Å². The van der Waals surface area contributed by atoms with Crippen LogP contribution in [0.3, 0.4) is 0 Å². The highest BCUT2D eigenvalue weighted by Gasteiger charge is 2.28. The third-order valence-corrected chi connectivity index (χ3v) is 4.09. The van der Waals surface area contributed by atoms with Crippen LogP contribution in [0.4, 0.5) is 0 Å². The predicted molar refractivity (Wildman–Crippen MR) is 83.4 cm³/mol. The van der Waals surface area contributed by atoms with E-state index in [0.717, 1.165) is 44.0 Å². The molecule has 22 heavy (non-hydrogen) atoms. The fourth-order valence-corrected chi connectivity index (χ4v) is 2.82. The molecule has 0 atom stereocenters. The lowest BCUT2D eigenvalue weighted by atomic mass is 9.97. The zero-order chi connectivity index (χ0) is 15.8. The van der Waals surface area contributed by atoms with Crippen molar-refractivity contribution in [3.05, 3.63) is 24.3 Å². The quantitative estimate of drug-likeness (QED) is 0.762. The second-order valence-electron chi connectivity index (χ2n) is 5.53.